The highest BCUT2D eigenvalue weighted by Crippen LogP contribution is 2.43. The molecule has 2 nitrogen and oxygen atoms in total. The molecule has 0 unspecified atom stereocenters. The van der Waals surface area contributed by atoms with Crippen molar-refractivity contribution in [1.29, 1.82) is 0 Å². The maximum Gasteiger partial charge on any atom is 0.306 e. The maximum atomic E-state index is 11.0. The molecule has 0 amide bonds. The fourth-order valence-corrected chi connectivity index (χ4v) is 3.25. The molecule has 2 aliphatic carbocycles. The normalized spacial score (nSPS) is 39.5. The minimum atomic E-state index is -0.545. The molecule has 0 aliphatic heterocycles. The molecule has 2 heteroatoms. The molecule has 2 fully saturated rings. The fourth-order valence-electron chi connectivity index (χ4n) is 3.25. The first-order chi connectivity index (χ1) is 6.29. The molecule has 0 saturated heterocycles. The number of carbonyl (C=O) groups is 1. The molecule has 74 valence electrons. The number of rotatable bonds is 1. The van der Waals surface area contributed by atoms with Crippen LogP contribution in [0.25, 0.3) is 0 Å². The van der Waals surface area contributed by atoms with Crippen LogP contribution < -0.4 is 0 Å². The van der Waals surface area contributed by atoms with E-state index in [9.17, 15) is 4.79 Å². The summed E-state index contributed by atoms with van der Waals surface area (Å²) in [6, 6.07) is 0. The minimum Gasteiger partial charge on any atom is -0.481 e. The summed E-state index contributed by atoms with van der Waals surface area (Å²) in [5.41, 5.74) is 0. The van der Waals surface area contributed by atoms with Gasteiger partial charge in [0.2, 0.25) is 0 Å². The van der Waals surface area contributed by atoms with Gasteiger partial charge >= 0.3 is 5.97 Å². The SMILES string of the molecule is O=C(O)[C@@H]1CCC[C@H]2CCCC[C@H]21. The number of carboxylic acids is 1. The molecule has 0 heterocycles. The molecule has 0 bridgehead atoms. The average Bonchev–Trinajstić information content (AvgIpc) is 2.17. The van der Waals surface area contributed by atoms with Crippen LogP contribution in [0, 0.1) is 17.8 Å². The van der Waals surface area contributed by atoms with Gasteiger partial charge in [-0.3, -0.25) is 4.79 Å². The van der Waals surface area contributed by atoms with Crippen LogP contribution in [0.5, 0.6) is 0 Å². The molecule has 0 spiro atoms. The second-order valence-electron chi connectivity index (χ2n) is 4.58. The largest absolute Gasteiger partial charge is 0.481 e. The third-order valence-corrected chi connectivity index (χ3v) is 3.89. The Labute approximate surface area is 79.3 Å². The van der Waals surface area contributed by atoms with E-state index in [1.807, 2.05) is 0 Å². The van der Waals surface area contributed by atoms with Crippen LogP contribution in [0.2, 0.25) is 0 Å². The summed E-state index contributed by atoms with van der Waals surface area (Å²) in [6.07, 6.45) is 8.39. The Bertz CT molecular complexity index is 198. The lowest BCUT2D eigenvalue weighted by atomic mass is 9.65. The molecule has 2 rings (SSSR count). The third kappa shape index (κ3) is 1.72. The third-order valence-electron chi connectivity index (χ3n) is 3.89. The van der Waals surface area contributed by atoms with Crippen molar-refractivity contribution in [1.82, 2.24) is 0 Å². The average molecular weight is 182 g/mol. The first-order valence-electron chi connectivity index (χ1n) is 5.52. The van der Waals surface area contributed by atoms with Gasteiger partial charge in [0, 0.05) is 0 Å². The molecule has 0 aromatic heterocycles. The highest BCUT2D eigenvalue weighted by molar-refractivity contribution is 5.70. The van der Waals surface area contributed by atoms with E-state index in [4.69, 9.17) is 5.11 Å². The summed E-state index contributed by atoms with van der Waals surface area (Å²) in [4.78, 5) is 11.0. The van der Waals surface area contributed by atoms with Gasteiger partial charge < -0.3 is 5.11 Å². The van der Waals surface area contributed by atoms with Crippen LogP contribution in [0.15, 0.2) is 0 Å². The molecular weight excluding hydrogens is 164 g/mol. The highest BCUT2D eigenvalue weighted by Gasteiger charge is 2.38. The summed E-state index contributed by atoms with van der Waals surface area (Å²) >= 11 is 0. The van der Waals surface area contributed by atoms with E-state index in [-0.39, 0.29) is 5.92 Å². The standard InChI is InChI=1S/C11H18O2/c12-11(13)10-7-3-5-8-4-1-2-6-9(8)10/h8-10H,1-7H2,(H,12,13)/t8-,9-,10-/m1/s1. The Morgan fingerprint density at radius 2 is 1.69 bits per heavy atom. The van der Waals surface area contributed by atoms with Gasteiger partial charge in [0.25, 0.3) is 0 Å². The predicted octanol–water partition coefficient (Wildman–Crippen LogP) is 2.68. The lowest BCUT2D eigenvalue weighted by molar-refractivity contribution is -0.146. The summed E-state index contributed by atoms with van der Waals surface area (Å²) in [7, 11) is 0. The van der Waals surface area contributed by atoms with Gasteiger partial charge in [0.1, 0.15) is 0 Å². The molecule has 2 saturated carbocycles. The van der Waals surface area contributed by atoms with Crippen molar-refractivity contribution < 1.29 is 9.90 Å². The smallest absolute Gasteiger partial charge is 0.306 e. The first kappa shape index (κ1) is 9.04. The monoisotopic (exact) mass is 182 g/mol. The van der Waals surface area contributed by atoms with E-state index < -0.39 is 5.97 Å². The van der Waals surface area contributed by atoms with E-state index in [2.05, 4.69) is 0 Å². The molecule has 2 aliphatic rings. The van der Waals surface area contributed by atoms with E-state index >= 15 is 0 Å². The van der Waals surface area contributed by atoms with Crippen LogP contribution in [-0.4, -0.2) is 11.1 Å². The minimum absolute atomic E-state index is 0.0148. The zero-order valence-electron chi connectivity index (χ0n) is 8.04. The van der Waals surface area contributed by atoms with Crippen molar-refractivity contribution >= 4 is 5.97 Å². The second-order valence-corrected chi connectivity index (χ2v) is 4.58. The Hall–Kier alpha value is -0.530. The predicted molar refractivity (Wildman–Crippen MR) is 50.4 cm³/mol. The van der Waals surface area contributed by atoms with Gasteiger partial charge in [0.15, 0.2) is 0 Å². The van der Waals surface area contributed by atoms with E-state index in [0.717, 1.165) is 18.8 Å². The topological polar surface area (TPSA) is 37.3 Å². The quantitative estimate of drug-likeness (QED) is 0.677. The van der Waals surface area contributed by atoms with Crippen LogP contribution in [0.1, 0.15) is 44.9 Å². The lowest BCUT2D eigenvalue weighted by Gasteiger charge is -2.39. The zero-order chi connectivity index (χ0) is 9.26. The number of hydrogen-bond donors (Lipinski definition) is 1. The van der Waals surface area contributed by atoms with Crippen molar-refractivity contribution in [2.75, 3.05) is 0 Å². The number of fused-ring (bicyclic) bond motifs is 1. The number of carboxylic acid groups (broad SMARTS) is 1. The second kappa shape index (κ2) is 3.69. The Morgan fingerprint density at radius 3 is 2.46 bits per heavy atom. The van der Waals surface area contributed by atoms with Crippen molar-refractivity contribution in [2.45, 2.75) is 44.9 Å². The summed E-state index contributed by atoms with van der Waals surface area (Å²) in [5.74, 6) is 0.694. The number of aliphatic carboxylic acids is 1. The van der Waals surface area contributed by atoms with Crippen LogP contribution in [0.4, 0.5) is 0 Å². The molecule has 0 radical (unpaired) electrons. The van der Waals surface area contributed by atoms with Crippen molar-refractivity contribution in [3.05, 3.63) is 0 Å². The molecule has 3 atom stereocenters. The lowest BCUT2D eigenvalue weighted by Crippen LogP contribution is -2.35. The van der Waals surface area contributed by atoms with Gasteiger partial charge in [-0.1, -0.05) is 32.1 Å². The van der Waals surface area contributed by atoms with Gasteiger partial charge in [-0.05, 0) is 24.7 Å². The molecular formula is C11H18O2. The highest BCUT2D eigenvalue weighted by atomic mass is 16.4. The summed E-state index contributed by atoms with van der Waals surface area (Å²) < 4.78 is 0. The van der Waals surface area contributed by atoms with Crippen LogP contribution in [0.3, 0.4) is 0 Å². The summed E-state index contributed by atoms with van der Waals surface area (Å²) in [5, 5.41) is 9.08. The van der Waals surface area contributed by atoms with E-state index in [0.29, 0.717) is 5.92 Å². The molecule has 1 N–H and O–H groups in total. The van der Waals surface area contributed by atoms with Crippen molar-refractivity contribution in [3.63, 3.8) is 0 Å². The van der Waals surface area contributed by atoms with Crippen molar-refractivity contribution in [2.24, 2.45) is 17.8 Å². The maximum absolute atomic E-state index is 11.0. The zero-order valence-corrected chi connectivity index (χ0v) is 8.04. The van der Waals surface area contributed by atoms with Gasteiger partial charge in [-0.15, -0.1) is 0 Å². The Balaban J connectivity index is 2.06. The summed E-state index contributed by atoms with van der Waals surface area (Å²) in [6.45, 7) is 0. The molecule has 13 heavy (non-hydrogen) atoms. The number of hydrogen-bond acceptors (Lipinski definition) is 1. The van der Waals surface area contributed by atoms with Gasteiger partial charge in [0.05, 0.1) is 5.92 Å². The van der Waals surface area contributed by atoms with E-state index in [1.54, 1.807) is 0 Å². The van der Waals surface area contributed by atoms with Crippen LogP contribution >= 0.6 is 0 Å². The fraction of sp³-hybridized carbons (Fsp3) is 0.909. The van der Waals surface area contributed by atoms with Crippen molar-refractivity contribution in [3.8, 4) is 0 Å². The molecule has 0 aromatic rings. The molecule has 0 aromatic carbocycles. The van der Waals surface area contributed by atoms with Gasteiger partial charge in [-0.2, -0.15) is 0 Å². The van der Waals surface area contributed by atoms with Crippen LogP contribution in [-0.2, 0) is 4.79 Å². The Morgan fingerprint density at radius 1 is 1.00 bits per heavy atom. The van der Waals surface area contributed by atoms with Gasteiger partial charge in [-0.25, -0.2) is 0 Å². The first-order valence-corrected chi connectivity index (χ1v) is 5.52. The Kier molecular flexibility index (Phi) is 2.56. The van der Waals surface area contributed by atoms with E-state index in [1.165, 1.54) is 32.1 Å².